The lowest BCUT2D eigenvalue weighted by atomic mass is 9.92. The van der Waals surface area contributed by atoms with E-state index < -0.39 is 5.92 Å². The summed E-state index contributed by atoms with van der Waals surface area (Å²) in [5, 5.41) is 0.522. The van der Waals surface area contributed by atoms with Crippen molar-refractivity contribution in [1.82, 2.24) is 14.5 Å². The number of aromatic nitrogens is 3. The summed E-state index contributed by atoms with van der Waals surface area (Å²) in [6.07, 6.45) is 3.99. The molecule has 0 amide bonds. The van der Waals surface area contributed by atoms with Crippen LogP contribution in [0.25, 0.3) is 11.0 Å². The van der Waals surface area contributed by atoms with Gasteiger partial charge in [-0.2, -0.15) is 0 Å². The number of nitrogens with one attached hydrogen (secondary N) is 1. The van der Waals surface area contributed by atoms with Crippen molar-refractivity contribution in [2.75, 3.05) is 6.61 Å². The average Bonchev–Trinajstić information content (AvgIpc) is 3.11. The van der Waals surface area contributed by atoms with Crippen LogP contribution in [-0.2, 0) is 11.2 Å². The summed E-state index contributed by atoms with van der Waals surface area (Å²) in [5.41, 5.74) is 0.308. The molecule has 26 heavy (non-hydrogen) atoms. The molecule has 4 rings (SSSR count). The molecule has 1 atom stereocenters. The Bertz CT molecular complexity index is 861. The number of aromatic amines is 1. The van der Waals surface area contributed by atoms with Gasteiger partial charge in [-0.3, -0.25) is 4.79 Å². The van der Waals surface area contributed by atoms with E-state index in [1.807, 2.05) is 10.8 Å². The molecule has 2 aliphatic rings. The van der Waals surface area contributed by atoms with Crippen molar-refractivity contribution < 1.29 is 13.5 Å². The Labute approximate surface area is 150 Å². The van der Waals surface area contributed by atoms with E-state index in [2.05, 4.69) is 23.8 Å². The molecule has 0 spiro atoms. The van der Waals surface area contributed by atoms with Crippen molar-refractivity contribution in [3.8, 4) is 0 Å². The van der Waals surface area contributed by atoms with E-state index in [4.69, 9.17) is 4.74 Å². The third kappa shape index (κ3) is 3.41. The van der Waals surface area contributed by atoms with E-state index in [-0.39, 0.29) is 30.0 Å². The van der Waals surface area contributed by atoms with Gasteiger partial charge in [0.1, 0.15) is 11.5 Å². The predicted octanol–water partition coefficient (Wildman–Crippen LogP) is 3.83. The zero-order chi connectivity index (χ0) is 18.5. The first-order valence-corrected chi connectivity index (χ1v) is 9.34. The van der Waals surface area contributed by atoms with Gasteiger partial charge in [0.05, 0.1) is 17.6 Å². The zero-order valence-electron chi connectivity index (χ0n) is 15.2. The summed E-state index contributed by atoms with van der Waals surface area (Å²) >= 11 is 0. The van der Waals surface area contributed by atoms with Crippen LogP contribution in [0.4, 0.5) is 8.78 Å². The van der Waals surface area contributed by atoms with Gasteiger partial charge in [0.15, 0.2) is 0 Å². The number of alkyl halides is 2. The highest BCUT2D eigenvalue weighted by Crippen LogP contribution is 2.39. The van der Waals surface area contributed by atoms with E-state index in [1.165, 1.54) is 0 Å². The Morgan fingerprint density at radius 2 is 2.08 bits per heavy atom. The molecule has 2 fully saturated rings. The highest BCUT2D eigenvalue weighted by Gasteiger charge is 2.36. The molecule has 0 radical (unpaired) electrons. The average molecular weight is 365 g/mol. The number of ether oxygens (including phenoxy) is 1. The van der Waals surface area contributed by atoms with Crippen LogP contribution >= 0.6 is 0 Å². The number of H-pyrrole nitrogens is 1. The molecule has 5 nitrogen and oxygen atoms in total. The lowest BCUT2D eigenvalue weighted by molar-refractivity contribution is -0.0436. The molecule has 0 bridgehead atoms. The molecule has 2 aromatic heterocycles. The predicted molar refractivity (Wildman–Crippen MR) is 94.6 cm³/mol. The fourth-order valence-corrected chi connectivity index (χ4v) is 4.34. The molecule has 1 aliphatic heterocycles. The first-order chi connectivity index (χ1) is 12.2. The minimum Gasteiger partial charge on any atom is -0.375 e. The quantitative estimate of drug-likeness (QED) is 0.899. The first-order valence-electron chi connectivity index (χ1n) is 9.34. The first kappa shape index (κ1) is 17.6. The van der Waals surface area contributed by atoms with Crippen LogP contribution in [-0.4, -0.2) is 32.7 Å². The van der Waals surface area contributed by atoms with Gasteiger partial charge in [-0.05, 0) is 45.1 Å². The van der Waals surface area contributed by atoms with Gasteiger partial charge in [-0.25, -0.2) is 13.8 Å². The lowest BCUT2D eigenvalue weighted by Gasteiger charge is -2.29. The molecule has 2 aromatic rings. The normalized spacial score (nSPS) is 25.8. The van der Waals surface area contributed by atoms with Crippen LogP contribution in [0.3, 0.4) is 0 Å². The Morgan fingerprint density at radius 3 is 2.73 bits per heavy atom. The molecule has 0 aromatic carbocycles. The summed E-state index contributed by atoms with van der Waals surface area (Å²) in [6.45, 7) is 4.79. The number of hydrogen-bond acceptors (Lipinski definition) is 3. The highest BCUT2D eigenvalue weighted by atomic mass is 19.3. The molecule has 1 aliphatic carbocycles. The number of fused-ring (bicyclic) bond motifs is 1. The van der Waals surface area contributed by atoms with Crippen LogP contribution in [0, 0.1) is 5.92 Å². The fourth-order valence-electron chi connectivity index (χ4n) is 4.34. The second kappa shape index (κ2) is 6.15. The van der Waals surface area contributed by atoms with Gasteiger partial charge in [-0.15, -0.1) is 0 Å². The van der Waals surface area contributed by atoms with Crippen LogP contribution in [0.2, 0.25) is 0 Å². The van der Waals surface area contributed by atoms with E-state index >= 15 is 0 Å². The maximum Gasteiger partial charge on any atom is 0.260 e. The summed E-state index contributed by atoms with van der Waals surface area (Å²) in [4.78, 5) is 20.0. The second-order valence-corrected chi connectivity index (χ2v) is 8.41. The largest absolute Gasteiger partial charge is 0.375 e. The number of hydrogen-bond donors (Lipinski definition) is 1. The number of halogens is 2. The molecule has 3 heterocycles. The molecule has 1 N–H and O–H groups in total. The van der Waals surface area contributed by atoms with E-state index in [0.29, 0.717) is 48.6 Å². The van der Waals surface area contributed by atoms with E-state index in [9.17, 15) is 13.6 Å². The van der Waals surface area contributed by atoms with Gasteiger partial charge in [-0.1, -0.05) is 0 Å². The third-order valence-electron chi connectivity index (χ3n) is 5.68. The summed E-state index contributed by atoms with van der Waals surface area (Å²) in [6, 6.07) is 1.71. The van der Waals surface area contributed by atoms with Crippen LogP contribution in [0.5, 0.6) is 0 Å². The van der Waals surface area contributed by atoms with Crippen molar-refractivity contribution in [3.05, 3.63) is 28.4 Å². The Balaban J connectivity index is 1.60. The second-order valence-electron chi connectivity index (χ2n) is 8.41. The molecule has 1 unspecified atom stereocenters. The topological polar surface area (TPSA) is 59.9 Å². The lowest BCUT2D eigenvalue weighted by Crippen LogP contribution is -2.26. The van der Waals surface area contributed by atoms with Crippen LogP contribution in [0.15, 0.2) is 17.1 Å². The maximum absolute atomic E-state index is 13.5. The van der Waals surface area contributed by atoms with Gasteiger partial charge in [0, 0.05) is 31.5 Å². The van der Waals surface area contributed by atoms with E-state index in [1.54, 1.807) is 6.07 Å². The van der Waals surface area contributed by atoms with Crippen molar-refractivity contribution in [1.29, 1.82) is 0 Å². The fraction of sp³-hybridized carbons (Fsp3) is 0.684. The monoisotopic (exact) mass is 365 g/mol. The van der Waals surface area contributed by atoms with Gasteiger partial charge >= 0.3 is 0 Å². The van der Waals surface area contributed by atoms with Crippen molar-refractivity contribution in [3.63, 3.8) is 0 Å². The molecule has 7 heteroatoms. The molecular weight excluding hydrogens is 340 g/mol. The SMILES string of the molecule is CC1(C)CC(Cc2nc3c(ccn3C3CCC(F)(F)CC3)c(=O)[nH]2)CO1. The molecular formula is C19H25F2N3O2. The molecule has 1 saturated heterocycles. The summed E-state index contributed by atoms with van der Waals surface area (Å²) in [7, 11) is 0. The van der Waals surface area contributed by atoms with Crippen molar-refractivity contribution >= 4 is 11.0 Å². The molecule has 142 valence electrons. The van der Waals surface area contributed by atoms with Gasteiger partial charge in [0.25, 0.3) is 5.56 Å². The summed E-state index contributed by atoms with van der Waals surface area (Å²) in [5.74, 6) is -1.59. The smallest absolute Gasteiger partial charge is 0.260 e. The van der Waals surface area contributed by atoms with Gasteiger partial charge < -0.3 is 14.3 Å². The van der Waals surface area contributed by atoms with E-state index in [0.717, 1.165) is 6.42 Å². The molecule has 1 saturated carbocycles. The Morgan fingerprint density at radius 1 is 1.35 bits per heavy atom. The zero-order valence-corrected chi connectivity index (χ0v) is 15.2. The minimum absolute atomic E-state index is 0.0250. The third-order valence-corrected chi connectivity index (χ3v) is 5.68. The van der Waals surface area contributed by atoms with Crippen LogP contribution in [0.1, 0.15) is 57.8 Å². The van der Waals surface area contributed by atoms with Crippen molar-refractivity contribution in [2.45, 2.75) is 69.9 Å². The Hall–Kier alpha value is -1.76. The summed E-state index contributed by atoms with van der Waals surface area (Å²) < 4.78 is 34.6. The highest BCUT2D eigenvalue weighted by molar-refractivity contribution is 5.75. The minimum atomic E-state index is -2.56. The number of rotatable bonds is 3. The maximum atomic E-state index is 13.5. The Kier molecular flexibility index (Phi) is 4.17. The van der Waals surface area contributed by atoms with Crippen LogP contribution < -0.4 is 5.56 Å². The standard InChI is InChI=1S/C19H25F2N3O2/c1-18(2)10-12(11-26-18)9-15-22-16-14(17(25)23-15)5-8-24(16)13-3-6-19(20,21)7-4-13/h5,8,12-13H,3-4,6-7,9-11H2,1-2H3,(H,22,23,25). The van der Waals surface area contributed by atoms with Crippen molar-refractivity contribution in [2.24, 2.45) is 5.92 Å². The van der Waals surface area contributed by atoms with Gasteiger partial charge in [0.2, 0.25) is 5.92 Å². The number of nitrogens with zero attached hydrogens (tertiary/aromatic N) is 2.